The number of benzene rings is 2. The van der Waals surface area contributed by atoms with Crippen molar-refractivity contribution in [2.45, 2.75) is 110 Å². The van der Waals surface area contributed by atoms with Gasteiger partial charge in [0.15, 0.2) is 0 Å². The normalized spacial score (nSPS) is 17.8. The Morgan fingerprint density at radius 3 is 2.05 bits per heavy atom. The minimum atomic E-state index is -0.447. The lowest BCUT2D eigenvalue weighted by atomic mass is 9.84. The van der Waals surface area contributed by atoms with E-state index in [1.807, 2.05) is 0 Å². The first-order valence-electron chi connectivity index (χ1n) is 15.2. The number of unbranched alkanes of at least 4 members (excludes halogenated alkanes) is 4. The minimum absolute atomic E-state index is 0.000932. The molecule has 0 aromatic heterocycles. The highest BCUT2D eigenvalue weighted by molar-refractivity contribution is 5.92. The zero-order valence-corrected chi connectivity index (χ0v) is 24.3. The molecule has 1 aliphatic rings. The van der Waals surface area contributed by atoms with E-state index in [0.29, 0.717) is 23.5 Å². The fourth-order valence-electron chi connectivity index (χ4n) is 5.12. The van der Waals surface area contributed by atoms with Gasteiger partial charge < -0.3 is 14.2 Å². The van der Waals surface area contributed by atoms with Gasteiger partial charge in [0.05, 0.1) is 17.7 Å². The molecule has 2 aromatic carbocycles. The molecule has 3 rings (SSSR count). The largest absolute Gasteiger partial charge is 0.494 e. The number of ether oxygens (including phenoxy) is 3. The predicted octanol–water partition coefficient (Wildman–Crippen LogP) is 9.19. The quantitative estimate of drug-likeness (QED) is 0.122. The second-order valence-electron chi connectivity index (χ2n) is 11.2. The van der Waals surface area contributed by atoms with Crippen molar-refractivity contribution in [1.29, 1.82) is 0 Å². The van der Waals surface area contributed by atoms with Crippen LogP contribution in [0.1, 0.15) is 125 Å². The minimum Gasteiger partial charge on any atom is -0.494 e. The van der Waals surface area contributed by atoms with Crippen molar-refractivity contribution in [3.8, 4) is 11.5 Å². The third-order valence-corrected chi connectivity index (χ3v) is 7.98. The number of carbonyl (C=O) groups excluding carboxylic acids is 2. The molecule has 0 radical (unpaired) electrons. The number of hydrogen-bond donors (Lipinski definition) is 0. The standard InChI is InChI=1S/C34H48O5/c1-4-6-8-12-27-13-19-31(20-14-27)38-34(36)29-17-23-32(24-18-29)39-33(35)28-15-21-30(22-16-28)37-25-10-7-9-11-26(3)5-2/h15-18,21-24,26-27,31H,4-14,19-20,25H2,1-3H3/t26-,27-,31-/m0/s1. The van der Waals surface area contributed by atoms with Crippen LogP contribution in [0.3, 0.4) is 0 Å². The van der Waals surface area contributed by atoms with Gasteiger partial charge in [0.25, 0.3) is 0 Å². The highest BCUT2D eigenvalue weighted by atomic mass is 16.5. The van der Waals surface area contributed by atoms with Crippen LogP contribution in [0.15, 0.2) is 48.5 Å². The van der Waals surface area contributed by atoms with Crippen molar-refractivity contribution < 1.29 is 23.8 Å². The van der Waals surface area contributed by atoms with E-state index in [0.717, 1.165) is 49.7 Å². The number of esters is 2. The van der Waals surface area contributed by atoms with Gasteiger partial charge >= 0.3 is 11.9 Å². The van der Waals surface area contributed by atoms with Crippen LogP contribution in [0.25, 0.3) is 0 Å². The number of hydrogen-bond acceptors (Lipinski definition) is 5. The van der Waals surface area contributed by atoms with E-state index in [9.17, 15) is 9.59 Å². The Morgan fingerprint density at radius 1 is 0.769 bits per heavy atom. The second-order valence-corrected chi connectivity index (χ2v) is 11.2. The first-order chi connectivity index (χ1) is 19.0. The molecule has 0 bridgehead atoms. The lowest BCUT2D eigenvalue weighted by Crippen LogP contribution is -2.24. The van der Waals surface area contributed by atoms with Crippen molar-refractivity contribution >= 4 is 11.9 Å². The Bertz CT molecular complexity index is 974. The second kappa shape index (κ2) is 17.0. The lowest BCUT2D eigenvalue weighted by molar-refractivity contribution is 0.0161. The molecule has 5 nitrogen and oxygen atoms in total. The van der Waals surface area contributed by atoms with E-state index in [1.54, 1.807) is 48.5 Å². The van der Waals surface area contributed by atoms with Crippen LogP contribution in [-0.2, 0) is 4.74 Å². The molecule has 0 spiro atoms. The Hall–Kier alpha value is -2.82. The molecule has 2 aromatic rings. The van der Waals surface area contributed by atoms with Gasteiger partial charge in [-0.25, -0.2) is 9.59 Å². The fourth-order valence-corrected chi connectivity index (χ4v) is 5.12. The molecule has 0 heterocycles. The number of rotatable bonds is 16. The summed E-state index contributed by atoms with van der Waals surface area (Å²) in [6, 6.07) is 13.6. The monoisotopic (exact) mass is 536 g/mol. The Morgan fingerprint density at radius 2 is 1.41 bits per heavy atom. The summed E-state index contributed by atoms with van der Waals surface area (Å²) in [4.78, 5) is 25.2. The van der Waals surface area contributed by atoms with Crippen molar-refractivity contribution in [2.75, 3.05) is 6.61 Å². The molecular formula is C34H48O5. The maximum Gasteiger partial charge on any atom is 0.343 e. The van der Waals surface area contributed by atoms with Crippen LogP contribution in [0, 0.1) is 11.8 Å². The van der Waals surface area contributed by atoms with Crippen LogP contribution in [0.2, 0.25) is 0 Å². The van der Waals surface area contributed by atoms with E-state index in [2.05, 4.69) is 20.8 Å². The first-order valence-corrected chi connectivity index (χ1v) is 15.2. The van der Waals surface area contributed by atoms with E-state index >= 15 is 0 Å². The van der Waals surface area contributed by atoms with Crippen molar-refractivity contribution in [1.82, 2.24) is 0 Å². The average Bonchev–Trinajstić information content (AvgIpc) is 2.96. The average molecular weight is 537 g/mol. The number of carbonyl (C=O) groups is 2. The van der Waals surface area contributed by atoms with Crippen molar-refractivity contribution in [3.05, 3.63) is 59.7 Å². The zero-order chi connectivity index (χ0) is 27.9. The summed E-state index contributed by atoms with van der Waals surface area (Å²) in [7, 11) is 0. The van der Waals surface area contributed by atoms with Gasteiger partial charge in [-0.3, -0.25) is 0 Å². The summed E-state index contributed by atoms with van der Waals surface area (Å²) in [5.74, 6) is 1.96. The topological polar surface area (TPSA) is 61.8 Å². The molecular weight excluding hydrogens is 488 g/mol. The zero-order valence-electron chi connectivity index (χ0n) is 24.3. The maximum atomic E-state index is 12.6. The third-order valence-electron chi connectivity index (χ3n) is 7.98. The SMILES string of the molecule is CCCCC[C@H]1CC[C@H](OC(=O)c2ccc(OC(=O)c3ccc(OCCCCC[C@@H](C)CC)cc3)cc2)CC1. The molecule has 1 fully saturated rings. The van der Waals surface area contributed by atoms with E-state index in [1.165, 1.54) is 51.4 Å². The Kier molecular flexibility index (Phi) is 13.4. The van der Waals surface area contributed by atoms with Gasteiger partial charge in [0.2, 0.25) is 0 Å². The summed E-state index contributed by atoms with van der Waals surface area (Å²) >= 11 is 0. The maximum absolute atomic E-state index is 12.6. The van der Waals surface area contributed by atoms with E-state index in [-0.39, 0.29) is 12.1 Å². The molecule has 0 saturated heterocycles. The highest BCUT2D eigenvalue weighted by Crippen LogP contribution is 2.30. The van der Waals surface area contributed by atoms with Gasteiger partial charge in [0, 0.05) is 0 Å². The molecule has 0 amide bonds. The van der Waals surface area contributed by atoms with Crippen LogP contribution >= 0.6 is 0 Å². The summed E-state index contributed by atoms with van der Waals surface area (Å²) in [6.45, 7) is 7.46. The van der Waals surface area contributed by atoms with Gasteiger partial charge in [-0.1, -0.05) is 72.1 Å². The highest BCUT2D eigenvalue weighted by Gasteiger charge is 2.24. The van der Waals surface area contributed by atoms with E-state index in [4.69, 9.17) is 14.2 Å². The van der Waals surface area contributed by atoms with E-state index < -0.39 is 5.97 Å². The van der Waals surface area contributed by atoms with Crippen molar-refractivity contribution in [3.63, 3.8) is 0 Å². The summed E-state index contributed by atoms with van der Waals surface area (Å²) in [6.07, 6.45) is 15.3. The summed E-state index contributed by atoms with van der Waals surface area (Å²) < 4.78 is 17.1. The van der Waals surface area contributed by atoms with Crippen LogP contribution in [0.4, 0.5) is 0 Å². The van der Waals surface area contributed by atoms with Gasteiger partial charge in [0.1, 0.15) is 17.6 Å². The predicted molar refractivity (Wildman–Crippen MR) is 157 cm³/mol. The molecule has 0 N–H and O–H groups in total. The molecule has 0 aliphatic heterocycles. The van der Waals surface area contributed by atoms with Gasteiger partial charge in [-0.2, -0.15) is 0 Å². The third kappa shape index (κ3) is 11.1. The van der Waals surface area contributed by atoms with Gasteiger partial charge in [-0.15, -0.1) is 0 Å². The molecule has 39 heavy (non-hydrogen) atoms. The van der Waals surface area contributed by atoms with Crippen LogP contribution < -0.4 is 9.47 Å². The summed E-state index contributed by atoms with van der Waals surface area (Å²) in [5.41, 5.74) is 0.922. The van der Waals surface area contributed by atoms with Crippen LogP contribution in [-0.4, -0.2) is 24.6 Å². The molecule has 0 unspecified atom stereocenters. The molecule has 1 aliphatic carbocycles. The molecule has 214 valence electrons. The summed E-state index contributed by atoms with van der Waals surface area (Å²) in [5, 5.41) is 0. The van der Waals surface area contributed by atoms with Crippen molar-refractivity contribution in [2.24, 2.45) is 11.8 Å². The fraction of sp³-hybridized carbons (Fsp3) is 0.588. The van der Waals surface area contributed by atoms with Gasteiger partial charge in [-0.05, 0) is 92.5 Å². The Balaban J connectivity index is 1.36. The first kappa shape index (κ1) is 30.7. The van der Waals surface area contributed by atoms with Crippen LogP contribution in [0.5, 0.6) is 11.5 Å². The molecule has 1 saturated carbocycles. The molecule has 1 atom stereocenters. The Labute approximate surface area is 235 Å². The smallest absolute Gasteiger partial charge is 0.343 e. The molecule has 5 heteroatoms. The lowest BCUT2D eigenvalue weighted by Gasteiger charge is -2.28.